The summed E-state index contributed by atoms with van der Waals surface area (Å²) in [6.07, 6.45) is 3.07. The maximum absolute atomic E-state index is 11.7. The van der Waals surface area contributed by atoms with Crippen LogP contribution in [0.1, 0.15) is 31.5 Å². The third-order valence-corrected chi connectivity index (χ3v) is 4.22. The van der Waals surface area contributed by atoms with E-state index >= 15 is 0 Å². The van der Waals surface area contributed by atoms with Gasteiger partial charge < -0.3 is 10.4 Å². The summed E-state index contributed by atoms with van der Waals surface area (Å²) in [4.78, 5) is 26.5. The molecule has 0 aromatic carbocycles. The van der Waals surface area contributed by atoms with Crippen molar-refractivity contribution in [1.82, 2.24) is 14.7 Å². The lowest BCUT2D eigenvalue weighted by molar-refractivity contribution is -0.143. The van der Waals surface area contributed by atoms with Crippen LogP contribution in [0.2, 0.25) is 0 Å². The first-order chi connectivity index (χ1) is 9.54. The molecular formula is C12H18N4O3S. The molecule has 1 fully saturated rings. The molecule has 0 spiro atoms. The molecule has 0 unspecified atom stereocenters. The molecule has 8 heteroatoms. The van der Waals surface area contributed by atoms with E-state index < -0.39 is 5.97 Å². The monoisotopic (exact) mass is 298 g/mol. The maximum atomic E-state index is 11.7. The molecule has 2 rings (SSSR count). The molecule has 110 valence electrons. The van der Waals surface area contributed by atoms with Crippen LogP contribution in [-0.2, 0) is 4.79 Å². The lowest BCUT2D eigenvalue weighted by Gasteiger charge is -2.26. The van der Waals surface area contributed by atoms with E-state index in [9.17, 15) is 9.59 Å². The molecule has 1 heterocycles. The van der Waals surface area contributed by atoms with Crippen molar-refractivity contribution in [2.75, 3.05) is 11.9 Å². The van der Waals surface area contributed by atoms with Crippen molar-refractivity contribution in [3.8, 4) is 0 Å². The Morgan fingerprint density at radius 2 is 2.05 bits per heavy atom. The van der Waals surface area contributed by atoms with E-state index in [1.165, 1.54) is 0 Å². The van der Waals surface area contributed by atoms with Crippen LogP contribution in [0.3, 0.4) is 0 Å². The number of anilines is 1. The number of carboxylic acids is 1. The Hall–Kier alpha value is -1.70. The molecule has 1 saturated carbocycles. The van der Waals surface area contributed by atoms with Crippen LogP contribution in [0.15, 0.2) is 0 Å². The average Bonchev–Trinajstić information content (AvgIpc) is 2.82. The van der Waals surface area contributed by atoms with Gasteiger partial charge in [-0.1, -0.05) is 0 Å². The summed E-state index contributed by atoms with van der Waals surface area (Å²) >= 11 is 1.14. The van der Waals surface area contributed by atoms with Crippen LogP contribution in [0.25, 0.3) is 0 Å². The fraction of sp³-hybridized carbons (Fsp3) is 0.667. The van der Waals surface area contributed by atoms with Crippen molar-refractivity contribution in [3.63, 3.8) is 0 Å². The molecule has 0 atom stereocenters. The predicted molar refractivity (Wildman–Crippen MR) is 74.8 cm³/mol. The van der Waals surface area contributed by atoms with Gasteiger partial charge in [-0.05, 0) is 38.5 Å². The van der Waals surface area contributed by atoms with Gasteiger partial charge in [-0.25, -0.2) is 9.78 Å². The van der Waals surface area contributed by atoms with Crippen molar-refractivity contribution in [3.05, 3.63) is 5.82 Å². The molecule has 0 saturated heterocycles. The van der Waals surface area contributed by atoms with E-state index in [4.69, 9.17) is 5.11 Å². The van der Waals surface area contributed by atoms with Crippen LogP contribution in [0.5, 0.6) is 0 Å². The summed E-state index contributed by atoms with van der Waals surface area (Å²) in [5.41, 5.74) is 0. The highest BCUT2D eigenvalue weighted by molar-refractivity contribution is 7.09. The van der Waals surface area contributed by atoms with Gasteiger partial charge in [-0.15, -0.1) is 0 Å². The molecule has 7 nitrogen and oxygen atoms in total. The van der Waals surface area contributed by atoms with Gasteiger partial charge in [0, 0.05) is 18.1 Å². The number of carboxylic acid groups (broad SMARTS) is 1. The number of nitrogens with one attached hydrogen (secondary N) is 2. The fourth-order valence-corrected chi connectivity index (χ4v) is 2.91. The van der Waals surface area contributed by atoms with Gasteiger partial charge in [0.1, 0.15) is 5.82 Å². The topological polar surface area (TPSA) is 104 Å². The molecule has 20 heavy (non-hydrogen) atoms. The first kappa shape index (κ1) is 14.7. The van der Waals surface area contributed by atoms with Gasteiger partial charge in [0.15, 0.2) is 0 Å². The van der Waals surface area contributed by atoms with Crippen molar-refractivity contribution in [2.24, 2.45) is 11.8 Å². The minimum atomic E-state index is -0.708. The fourth-order valence-electron chi connectivity index (χ4n) is 2.34. The SMILES string of the molecule is Cc1nsc(NC(=O)NCC2CCC(C(=O)O)CC2)n1. The van der Waals surface area contributed by atoms with E-state index in [2.05, 4.69) is 20.0 Å². The van der Waals surface area contributed by atoms with Crippen molar-refractivity contribution in [1.29, 1.82) is 0 Å². The number of rotatable bonds is 4. The Kier molecular flexibility index (Phi) is 4.89. The molecule has 1 aliphatic carbocycles. The second kappa shape index (κ2) is 6.65. The molecular weight excluding hydrogens is 280 g/mol. The third-order valence-electron chi connectivity index (χ3n) is 3.50. The molecule has 1 aliphatic rings. The average molecular weight is 298 g/mol. The molecule has 0 aliphatic heterocycles. The first-order valence-corrected chi connectivity index (χ1v) is 7.40. The predicted octanol–water partition coefficient (Wildman–Crippen LogP) is 1.86. The minimum absolute atomic E-state index is 0.218. The summed E-state index contributed by atoms with van der Waals surface area (Å²) < 4.78 is 3.98. The van der Waals surface area contributed by atoms with Gasteiger partial charge in [0.25, 0.3) is 0 Å². The second-order valence-corrected chi connectivity index (χ2v) is 5.79. The number of carbonyl (C=O) groups excluding carboxylic acids is 1. The molecule has 1 aromatic rings. The zero-order chi connectivity index (χ0) is 14.5. The Morgan fingerprint density at radius 3 is 2.60 bits per heavy atom. The summed E-state index contributed by atoms with van der Waals surface area (Å²) in [5, 5.41) is 14.8. The van der Waals surface area contributed by atoms with Crippen molar-refractivity contribution >= 4 is 28.7 Å². The molecule has 1 aromatic heterocycles. The summed E-state index contributed by atoms with van der Waals surface area (Å²) in [6.45, 7) is 2.33. The van der Waals surface area contributed by atoms with Crippen LogP contribution < -0.4 is 10.6 Å². The van der Waals surface area contributed by atoms with E-state index in [1.54, 1.807) is 6.92 Å². The van der Waals surface area contributed by atoms with E-state index in [0.29, 0.717) is 36.3 Å². The first-order valence-electron chi connectivity index (χ1n) is 6.62. The normalized spacial score (nSPS) is 22.2. The standard InChI is InChI=1S/C12H18N4O3S/c1-7-14-12(20-16-7)15-11(19)13-6-8-2-4-9(5-3-8)10(17)18/h8-9H,2-6H2,1H3,(H,17,18)(H2,13,14,15,16,19). The Balaban J connectivity index is 1.68. The molecule has 2 amide bonds. The number of hydrogen-bond donors (Lipinski definition) is 3. The highest BCUT2D eigenvalue weighted by atomic mass is 32.1. The molecule has 0 radical (unpaired) electrons. The lowest BCUT2D eigenvalue weighted by atomic mass is 9.82. The maximum Gasteiger partial charge on any atom is 0.321 e. The highest BCUT2D eigenvalue weighted by Crippen LogP contribution is 2.28. The third kappa shape index (κ3) is 4.16. The number of hydrogen-bond acceptors (Lipinski definition) is 5. The summed E-state index contributed by atoms with van der Waals surface area (Å²) in [5.74, 6) is 0.0648. The van der Waals surface area contributed by atoms with Gasteiger partial charge in [-0.2, -0.15) is 4.37 Å². The number of nitrogens with zero attached hydrogens (tertiary/aromatic N) is 2. The zero-order valence-electron chi connectivity index (χ0n) is 11.3. The summed E-state index contributed by atoms with van der Waals surface area (Å²) in [6, 6.07) is -0.290. The summed E-state index contributed by atoms with van der Waals surface area (Å²) in [7, 11) is 0. The Labute approximate surface area is 121 Å². The van der Waals surface area contributed by atoms with Crippen LogP contribution in [0, 0.1) is 18.8 Å². The highest BCUT2D eigenvalue weighted by Gasteiger charge is 2.25. The Bertz CT molecular complexity index is 483. The number of aliphatic carboxylic acids is 1. The molecule has 3 N–H and O–H groups in total. The minimum Gasteiger partial charge on any atom is -0.481 e. The largest absolute Gasteiger partial charge is 0.481 e. The number of aryl methyl sites for hydroxylation is 1. The van der Waals surface area contributed by atoms with Crippen molar-refractivity contribution in [2.45, 2.75) is 32.6 Å². The number of urea groups is 1. The zero-order valence-corrected chi connectivity index (χ0v) is 12.1. The Morgan fingerprint density at radius 1 is 1.35 bits per heavy atom. The number of amides is 2. The van der Waals surface area contributed by atoms with Gasteiger partial charge in [0.05, 0.1) is 5.92 Å². The molecule has 0 bridgehead atoms. The number of aromatic nitrogens is 2. The lowest BCUT2D eigenvalue weighted by Crippen LogP contribution is -2.35. The van der Waals surface area contributed by atoms with Gasteiger partial charge in [-0.3, -0.25) is 10.1 Å². The van der Waals surface area contributed by atoms with Crippen LogP contribution in [-0.4, -0.2) is 33.0 Å². The van der Waals surface area contributed by atoms with E-state index in [0.717, 1.165) is 24.4 Å². The van der Waals surface area contributed by atoms with E-state index in [-0.39, 0.29) is 11.9 Å². The smallest absolute Gasteiger partial charge is 0.321 e. The quantitative estimate of drug-likeness (QED) is 0.787. The van der Waals surface area contributed by atoms with Gasteiger partial charge >= 0.3 is 12.0 Å². The van der Waals surface area contributed by atoms with Gasteiger partial charge in [0.2, 0.25) is 5.13 Å². The number of carbonyl (C=O) groups is 2. The van der Waals surface area contributed by atoms with Crippen LogP contribution in [0.4, 0.5) is 9.93 Å². The second-order valence-electron chi connectivity index (χ2n) is 5.04. The van der Waals surface area contributed by atoms with Crippen molar-refractivity contribution < 1.29 is 14.7 Å². The van der Waals surface area contributed by atoms with Crippen LogP contribution >= 0.6 is 11.5 Å². The van der Waals surface area contributed by atoms with E-state index in [1.807, 2.05) is 0 Å².